The van der Waals surface area contributed by atoms with E-state index in [1.165, 1.54) is 16.7 Å². The smallest absolute Gasteiger partial charge is 0.165 e. The van der Waals surface area contributed by atoms with Crippen molar-refractivity contribution < 1.29 is 10.2 Å². The molecule has 5 aromatic rings. The number of fused-ring (bicyclic) bond motifs is 1. The van der Waals surface area contributed by atoms with E-state index in [9.17, 15) is 10.2 Å². The number of aryl methyl sites for hydroxylation is 1. The molecule has 0 aliphatic rings. The van der Waals surface area contributed by atoms with Crippen molar-refractivity contribution in [3.63, 3.8) is 0 Å². The normalized spacial score (nSPS) is 11.5. The van der Waals surface area contributed by atoms with Crippen LogP contribution in [0.3, 0.4) is 0 Å². The average Bonchev–Trinajstić information content (AvgIpc) is 2.91. The fourth-order valence-electron chi connectivity index (χ4n) is 5.21. The molecule has 0 heterocycles. The van der Waals surface area contributed by atoms with Crippen LogP contribution in [0.25, 0.3) is 10.8 Å². The molecule has 0 bridgehead atoms. The first-order valence-corrected chi connectivity index (χ1v) is 11.8. The van der Waals surface area contributed by atoms with E-state index in [1.807, 2.05) is 30.3 Å². The Hall–Kier alpha value is -4.04. The summed E-state index contributed by atoms with van der Waals surface area (Å²) in [5.74, 6) is -0.0445. The van der Waals surface area contributed by atoms with Gasteiger partial charge >= 0.3 is 0 Å². The molecule has 168 valence electrons. The van der Waals surface area contributed by atoms with Crippen molar-refractivity contribution in [1.82, 2.24) is 0 Å². The monoisotopic (exact) mass is 444 g/mol. The predicted octanol–water partition coefficient (Wildman–Crippen LogP) is 7.61. The van der Waals surface area contributed by atoms with Crippen LogP contribution < -0.4 is 0 Å². The van der Waals surface area contributed by atoms with Crippen LogP contribution in [-0.4, -0.2) is 10.2 Å². The molecule has 2 N–H and O–H groups in total. The van der Waals surface area contributed by atoms with E-state index in [0.29, 0.717) is 11.8 Å². The zero-order valence-electron chi connectivity index (χ0n) is 19.1. The second kappa shape index (κ2) is 9.44. The van der Waals surface area contributed by atoms with Crippen LogP contribution in [0.4, 0.5) is 0 Å². The van der Waals surface area contributed by atoms with E-state index < -0.39 is 0 Å². The molecule has 0 amide bonds. The molecule has 0 radical (unpaired) electrons. The van der Waals surface area contributed by atoms with Crippen molar-refractivity contribution in [1.29, 1.82) is 0 Å². The van der Waals surface area contributed by atoms with E-state index >= 15 is 0 Å². The molecule has 0 fully saturated rings. The summed E-state index contributed by atoms with van der Waals surface area (Å²) in [6.45, 7) is 0. The SMILES string of the molecule is Oc1c(CCCC(c2ccccc2)(c2ccccc2)c2ccccc2)cc2ccccc2c1O. The summed E-state index contributed by atoms with van der Waals surface area (Å²) in [4.78, 5) is 0. The summed E-state index contributed by atoms with van der Waals surface area (Å²) >= 11 is 0. The molecule has 0 saturated carbocycles. The molecular weight excluding hydrogens is 416 g/mol. The predicted molar refractivity (Wildman–Crippen MR) is 139 cm³/mol. The molecule has 0 aromatic heterocycles. The Labute approximate surface area is 200 Å². The van der Waals surface area contributed by atoms with Gasteiger partial charge in [0.05, 0.1) is 0 Å². The maximum atomic E-state index is 10.7. The average molecular weight is 445 g/mol. The molecule has 0 atom stereocenters. The maximum absolute atomic E-state index is 10.7. The highest BCUT2D eigenvalue weighted by Crippen LogP contribution is 2.44. The molecule has 0 aliphatic carbocycles. The Kier molecular flexibility index (Phi) is 6.05. The molecule has 2 nitrogen and oxygen atoms in total. The standard InChI is InChI=1S/C32H28O2/c33-30-25(23-24-13-10-11-21-29(24)31(30)34)14-12-22-32(26-15-4-1-5-16-26,27-17-6-2-7-18-27)28-19-8-3-9-20-28/h1-11,13,15-21,23,33-34H,12,14,22H2. The van der Waals surface area contributed by atoms with Gasteiger partial charge in [0, 0.05) is 10.8 Å². The number of benzene rings is 5. The van der Waals surface area contributed by atoms with E-state index in [-0.39, 0.29) is 16.9 Å². The van der Waals surface area contributed by atoms with Gasteiger partial charge in [-0.3, -0.25) is 0 Å². The largest absolute Gasteiger partial charge is 0.504 e. The van der Waals surface area contributed by atoms with Crippen molar-refractivity contribution in [2.24, 2.45) is 0 Å². The Bertz CT molecular complexity index is 1280. The van der Waals surface area contributed by atoms with Crippen LogP contribution in [0, 0.1) is 0 Å². The summed E-state index contributed by atoms with van der Waals surface area (Å²) in [6, 6.07) is 41.6. The van der Waals surface area contributed by atoms with Crippen LogP contribution in [0.2, 0.25) is 0 Å². The van der Waals surface area contributed by atoms with Crippen LogP contribution in [0.5, 0.6) is 11.5 Å². The van der Waals surface area contributed by atoms with E-state index in [2.05, 4.69) is 91.0 Å². The van der Waals surface area contributed by atoms with Gasteiger partial charge in [0.15, 0.2) is 11.5 Å². The van der Waals surface area contributed by atoms with Crippen LogP contribution in [-0.2, 0) is 11.8 Å². The number of aromatic hydroxyl groups is 2. The Morgan fingerprint density at radius 1 is 0.529 bits per heavy atom. The molecule has 0 saturated heterocycles. The molecule has 34 heavy (non-hydrogen) atoms. The van der Waals surface area contributed by atoms with Gasteiger partial charge in [-0.25, -0.2) is 0 Å². The Morgan fingerprint density at radius 3 is 1.53 bits per heavy atom. The zero-order valence-corrected chi connectivity index (χ0v) is 19.1. The summed E-state index contributed by atoms with van der Waals surface area (Å²) < 4.78 is 0. The lowest BCUT2D eigenvalue weighted by Crippen LogP contribution is -2.29. The maximum Gasteiger partial charge on any atom is 0.165 e. The van der Waals surface area contributed by atoms with E-state index in [0.717, 1.165) is 23.8 Å². The molecule has 0 spiro atoms. The van der Waals surface area contributed by atoms with Gasteiger partial charge in [0.25, 0.3) is 0 Å². The second-order valence-corrected chi connectivity index (χ2v) is 8.81. The van der Waals surface area contributed by atoms with Crippen molar-refractivity contribution >= 4 is 10.8 Å². The summed E-state index contributed by atoms with van der Waals surface area (Å²) in [5.41, 5.74) is 4.20. The van der Waals surface area contributed by atoms with Crippen LogP contribution >= 0.6 is 0 Å². The van der Waals surface area contributed by atoms with Crippen molar-refractivity contribution in [3.05, 3.63) is 144 Å². The third-order valence-electron chi connectivity index (χ3n) is 6.87. The van der Waals surface area contributed by atoms with Crippen LogP contribution in [0.1, 0.15) is 35.1 Å². The second-order valence-electron chi connectivity index (χ2n) is 8.81. The Morgan fingerprint density at radius 2 is 1.00 bits per heavy atom. The molecule has 2 heteroatoms. The molecule has 5 rings (SSSR count). The fourth-order valence-corrected chi connectivity index (χ4v) is 5.21. The molecule has 5 aromatic carbocycles. The highest BCUT2D eigenvalue weighted by atomic mass is 16.3. The fraction of sp³-hybridized carbons (Fsp3) is 0.125. The summed E-state index contributed by atoms with van der Waals surface area (Å²) in [7, 11) is 0. The first kappa shape index (κ1) is 21.8. The lowest BCUT2D eigenvalue weighted by atomic mass is 9.66. The lowest BCUT2D eigenvalue weighted by Gasteiger charge is -2.36. The van der Waals surface area contributed by atoms with Crippen molar-refractivity contribution in [3.8, 4) is 11.5 Å². The number of phenolic OH excluding ortho intramolecular Hbond substituents is 2. The van der Waals surface area contributed by atoms with Gasteiger partial charge in [-0.15, -0.1) is 0 Å². The first-order valence-electron chi connectivity index (χ1n) is 11.8. The summed E-state index contributed by atoms with van der Waals surface area (Å²) in [5, 5.41) is 22.9. The van der Waals surface area contributed by atoms with Gasteiger partial charge in [-0.05, 0) is 53.0 Å². The zero-order chi connectivity index (χ0) is 23.4. The van der Waals surface area contributed by atoms with Gasteiger partial charge < -0.3 is 10.2 Å². The minimum atomic E-state index is -0.321. The molecule has 0 aliphatic heterocycles. The van der Waals surface area contributed by atoms with E-state index in [4.69, 9.17) is 0 Å². The van der Waals surface area contributed by atoms with Gasteiger partial charge in [0.1, 0.15) is 0 Å². The third-order valence-corrected chi connectivity index (χ3v) is 6.87. The minimum absolute atomic E-state index is 0.0107. The van der Waals surface area contributed by atoms with E-state index in [1.54, 1.807) is 0 Å². The summed E-state index contributed by atoms with van der Waals surface area (Å²) in [6.07, 6.45) is 2.36. The third kappa shape index (κ3) is 3.92. The number of phenols is 2. The van der Waals surface area contributed by atoms with Gasteiger partial charge in [-0.2, -0.15) is 0 Å². The highest BCUT2D eigenvalue weighted by molar-refractivity contribution is 5.91. The van der Waals surface area contributed by atoms with Crippen molar-refractivity contribution in [2.45, 2.75) is 24.7 Å². The van der Waals surface area contributed by atoms with Crippen LogP contribution in [0.15, 0.2) is 121 Å². The molecule has 0 unspecified atom stereocenters. The number of hydrogen-bond acceptors (Lipinski definition) is 2. The Balaban J connectivity index is 1.56. The minimum Gasteiger partial charge on any atom is -0.504 e. The highest BCUT2D eigenvalue weighted by Gasteiger charge is 2.35. The number of rotatable bonds is 7. The van der Waals surface area contributed by atoms with Gasteiger partial charge in [-0.1, -0.05) is 115 Å². The van der Waals surface area contributed by atoms with Crippen molar-refractivity contribution in [2.75, 3.05) is 0 Å². The first-order chi connectivity index (χ1) is 16.7. The number of hydrogen-bond donors (Lipinski definition) is 2. The van der Waals surface area contributed by atoms with Gasteiger partial charge in [0.2, 0.25) is 0 Å². The lowest BCUT2D eigenvalue weighted by molar-refractivity contribution is 0.402. The molecular formula is C32H28O2. The quantitative estimate of drug-likeness (QED) is 0.200. The topological polar surface area (TPSA) is 40.5 Å².